The summed E-state index contributed by atoms with van der Waals surface area (Å²) in [7, 11) is 3.05. The topological polar surface area (TPSA) is 76.1 Å². The van der Waals surface area contributed by atoms with E-state index in [0.717, 1.165) is 22.3 Å². The number of amides is 1. The molecule has 1 heterocycles. The molecule has 0 spiro atoms. The normalized spacial score (nSPS) is 15.8. The number of benzene rings is 2. The summed E-state index contributed by atoms with van der Waals surface area (Å²) in [5.41, 5.74) is 4.76. The second-order valence-electron chi connectivity index (χ2n) is 7.17. The van der Waals surface area contributed by atoms with Gasteiger partial charge in [0, 0.05) is 12.1 Å². The van der Waals surface area contributed by atoms with Crippen LogP contribution in [0.2, 0.25) is 0 Å². The molecule has 1 aliphatic rings. The fourth-order valence-electron chi connectivity index (χ4n) is 4.09. The SMILES string of the molecule is COc1cc2c(cc1OC)C(C(=O)O)N(C(=O)c1c(C)cc(C)cc1C)CC2. The van der Waals surface area contributed by atoms with Crippen LogP contribution in [0.15, 0.2) is 24.3 Å². The maximum atomic E-state index is 13.4. The number of carbonyl (C=O) groups is 2. The van der Waals surface area contributed by atoms with E-state index in [2.05, 4.69) is 0 Å². The van der Waals surface area contributed by atoms with Crippen molar-refractivity contribution in [2.24, 2.45) is 0 Å². The lowest BCUT2D eigenvalue weighted by atomic mass is 9.90. The highest BCUT2D eigenvalue weighted by Crippen LogP contribution is 2.39. The summed E-state index contributed by atoms with van der Waals surface area (Å²) >= 11 is 0. The molecule has 28 heavy (non-hydrogen) atoms. The maximum absolute atomic E-state index is 13.4. The molecule has 6 nitrogen and oxygen atoms in total. The maximum Gasteiger partial charge on any atom is 0.331 e. The highest BCUT2D eigenvalue weighted by molar-refractivity contribution is 5.99. The van der Waals surface area contributed by atoms with E-state index >= 15 is 0 Å². The number of carbonyl (C=O) groups excluding carboxylic acids is 1. The van der Waals surface area contributed by atoms with Crippen molar-refractivity contribution in [3.63, 3.8) is 0 Å². The van der Waals surface area contributed by atoms with Crippen LogP contribution in [-0.2, 0) is 11.2 Å². The van der Waals surface area contributed by atoms with Crippen LogP contribution < -0.4 is 9.47 Å². The van der Waals surface area contributed by atoms with Crippen LogP contribution >= 0.6 is 0 Å². The number of methoxy groups -OCH3 is 2. The van der Waals surface area contributed by atoms with Gasteiger partial charge in [0.1, 0.15) is 0 Å². The Labute approximate surface area is 164 Å². The largest absolute Gasteiger partial charge is 0.493 e. The zero-order chi connectivity index (χ0) is 20.6. The van der Waals surface area contributed by atoms with Gasteiger partial charge >= 0.3 is 5.97 Å². The summed E-state index contributed by atoms with van der Waals surface area (Å²) in [5, 5.41) is 9.96. The number of nitrogens with zero attached hydrogens (tertiary/aromatic N) is 1. The Morgan fingerprint density at radius 1 is 1.00 bits per heavy atom. The molecule has 1 atom stereocenters. The van der Waals surface area contributed by atoms with Crippen molar-refractivity contribution < 1.29 is 24.2 Å². The predicted molar refractivity (Wildman–Crippen MR) is 105 cm³/mol. The van der Waals surface area contributed by atoms with Gasteiger partial charge in [-0.1, -0.05) is 17.7 Å². The van der Waals surface area contributed by atoms with Crippen molar-refractivity contribution in [3.8, 4) is 11.5 Å². The van der Waals surface area contributed by atoms with Crippen molar-refractivity contribution in [2.45, 2.75) is 33.2 Å². The summed E-state index contributed by atoms with van der Waals surface area (Å²) in [4.78, 5) is 27.0. The average molecular weight is 383 g/mol. The first-order valence-corrected chi connectivity index (χ1v) is 9.14. The van der Waals surface area contributed by atoms with Crippen LogP contribution in [0.1, 0.15) is 44.2 Å². The van der Waals surface area contributed by atoms with Gasteiger partial charge in [-0.2, -0.15) is 0 Å². The van der Waals surface area contributed by atoms with E-state index in [1.165, 1.54) is 12.0 Å². The number of fused-ring (bicyclic) bond motifs is 1. The van der Waals surface area contributed by atoms with Gasteiger partial charge in [-0.3, -0.25) is 4.79 Å². The first-order chi connectivity index (χ1) is 13.3. The van der Waals surface area contributed by atoms with Gasteiger partial charge in [-0.05, 0) is 61.6 Å². The highest BCUT2D eigenvalue weighted by Gasteiger charge is 2.38. The molecule has 1 amide bonds. The minimum Gasteiger partial charge on any atom is -0.493 e. The number of carboxylic acid groups (broad SMARTS) is 1. The Balaban J connectivity index is 2.10. The molecule has 0 radical (unpaired) electrons. The van der Waals surface area contributed by atoms with Crippen LogP contribution in [0.4, 0.5) is 0 Å². The van der Waals surface area contributed by atoms with Crippen molar-refractivity contribution in [3.05, 3.63) is 57.6 Å². The van der Waals surface area contributed by atoms with Gasteiger partial charge in [-0.25, -0.2) is 4.79 Å². The highest BCUT2D eigenvalue weighted by atomic mass is 16.5. The molecule has 2 aromatic rings. The molecular formula is C22H25NO5. The molecule has 6 heteroatoms. The molecule has 0 bridgehead atoms. The van der Waals surface area contributed by atoms with E-state index in [0.29, 0.717) is 35.6 Å². The predicted octanol–water partition coefficient (Wildman–Crippen LogP) is 3.45. The van der Waals surface area contributed by atoms with E-state index < -0.39 is 12.0 Å². The lowest BCUT2D eigenvalue weighted by Crippen LogP contribution is -2.44. The molecule has 1 aliphatic heterocycles. The molecule has 3 rings (SSSR count). The monoisotopic (exact) mass is 383 g/mol. The quantitative estimate of drug-likeness (QED) is 0.875. The number of ether oxygens (including phenoxy) is 2. The summed E-state index contributed by atoms with van der Waals surface area (Å²) in [6.45, 7) is 6.07. The molecule has 2 aromatic carbocycles. The van der Waals surface area contributed by atoms with Crippen molar-refractivity contribution in [2.75, 3.05) is 20.8 Å². The third-order valence-corrected chi connectivity index (χ3v) is 5.26. The zero-order valence-electron chi connectivity index (χ0n) is 16.8. The van der Waals surface area contributed by atoms with Crippen LogP contribution in [0.5, 0.6) is 11.5 Å². The molecule has 0 fully saturated rings. The van der Waals surface area contributed by atoms with E-state index in [9.17, 15) is 14.7 Å². The molecule has 1 unspecified atom stereocenters. The van der Waals surface area contributed by atoms with E-state index in [1.807, 2.05) is 32.9 Å². The summed E-state index contributed by atoms with van der Waals surface area (Å²) in [5.74, 6) is -0.327. The Kier molecular flexibility index (Phi) is 5.31. The second kappa shape index (κ2) is 7.54. The van der Waals surface area contributed by atoms with Gasteiger partial charge in [-0.15, -0.1) is 0 Å². The van der Waals surface area contributed by atoms with Crippen LogP contribution in [-0.4, -0.2) is 42.6 Å². The van der Waals surface area contributed by atoms with Crippen molar-refractivity contribution in [1.29, 1.82) is 0 Å². The molecule has 1 N–H and O–H groups in total. The summed E-state index contributed by atoms with van der Waals surface area (Å²) in [6, 6.07) is 6.29. The fraction of sp³-hybridized carbons (Fsp3) is 0.364. The zero-order valence-corrected chi connectivity index (χ0v) is 16.8. The van der Waals surface area contributed by atoms with Crippen LogP contribution in [0.3, 0.4) is 0 Å². The molecule has 0 saturated carbocycles. The third-order valence-electron chi connectivity index (χ3n) is 5.26. The molecule has 0 aliphatic carbocycles. The molecule has 0 saturated heterocycles. The second-order valence-corrected chi connectivity index (χ2v) is 7.17. The van der Waals surface area contributed by atoms with Crippen molar-refractivity contribution >= 4 is 11.9 Å². The Bertz CT molecular complexity index is 927. The standard InChI is InChI=1S/C22H25NO5/c1-12-8-13(2)19(14(3)9-12)21(24)23-7-6-15-10-17(27-4)18(28-5)11-16(15)20(23)22(25)26/h8-11,20H,6-7H2,1-5H3,(H,25,26). The Morgan fingerprint density at radius 3 is 2.11 bits per heavy atom. The smallest absolute Gasteiger partial charge is 0.331 e. The number of aryl methyl sites for hydroxylation is 3. The van der Waals surface area contributed by atoms with Gasteiger partial charge in [0.15, 0.2) is 17.5 Å². The minimum absolute atomic E-state index is 0.261. The average Bonchev–Trinajstić information content (AvgIpc) is 2.64. The minimum atomic E-state index is -1.07. The van der Waals surface area contributed by atoms with Crippen LogP contribution in [0, 0.1) is 20.8 Å². The van der Waals surface area contributed by atoms with E-state index in [-0.39, 0.29) is 5.91 Å². The number of hydrogen-bond acceptors (Lipinski definition) is 4. The van der Waals surface area contributed by atoms with Gasteiger partial charge in [0.05, 0.1) is 14.2 Å². The van der Waals surface area contributed by atoms with Gasteiger partial charge in [0.2, 0.25) is 0 Å². The summed E-state index contributed by atoms with van der Waals surface area (Å²) < 4.78 is 10.7. The third kappa shape index (κ3) is 3.30. The Morgan fingerprint density at radius 2 is 1.57 bits per heavy atom. The first kappa shape index (κ1) is 19.7. The number of hydrogen-bond donors (Lipinski definition) is 1. The number of aliphatic carboxylic acids is 1. The Hall–Kier alpha value is -3.02. The van der Waals surface area contributed by atoms with E-state index in [1.54, 1.807) is 19.2 Å². The lowest BCUT2D eigenvalue weighted by molar-refractivity contribution is -0.143. The van der Waals surface area contributed by atoms with Gasteiger partial charge in [0.25, 0.3) is 5.91 Å². The lowest BCUT2D eigenvalue weighted by Gasteiger charge is -2.36. The van der Waals surface area contributed by atoms with Gasteiger partial charge < -0.3 is 19.5 Å². The van der Waals surface area contributed by atoms with E-state index in [4.69, 9.17) is 9.47 Å². The van der Waals surface area contributed by atoms with Crippen molar-refractivity contribution in [1.82, 2.24) is 4.90 Å². The molecular weight excluding hydrogens is 358 g/mol. The number of rotatable bonds is 4. The first-order valence-electron chi connectivity index (χ1n) is 9.14. The fourth-order valence-corrected chi connectivity index (χ4v) is 4.09. The number of carboxylic acids is 1. The molecule has 148 valence electrons. The van der Waals surface area contributed by atoms with Crippen LogP contribution in [0.25, 0.3) is 0 Å². The molecule has 0 aromatic heterocycles. The summed E-state index contributed by atoms with van der Waals surface area (Å²) in [6.07, 6.45) is 0.551.